The Balaban J connectivity index is 1.93. The predicted octanol–water partition coefficient (Wildman–Crippen LogP) is -0.0276. The Morgan fingerprint density at radius 2 is 1.24 bits per heavy atom. The van der Waals surface area contributed by atoms with E-state index in [4.69, 9.17) is 30.4 Å². The Morgan fingerprint density at radius 3 is 1.80 bits per heavy atom. The van der Waals surface area contributed by atoms with Crippen molar-refractivity contribution in [2.75, 3.05) is 26.2 Å². The number of carboxylic acid groups (broad SMARTS) is 1. The Hall–Kier alpha value is -3.52. The molecule has 0 aromatic rings. The molecule has 0 saturated carbocycles. The van der Waals surface area contributed by atoms with Crippen molar-refractivity contribution in [2.45, 2.75) is 177 Å². The molecule has 20 heteroatoms. The van der Waals surface area contributed by atoms with E-state index in [1.165, 1.54) is 0 Å². The maximum absolute atomic E-state index is 12.7. The van der Waals surface area contributed by atoms with Crippen LogP contribution in [0, 0.1) is 17.8 Å². The second kappa shape index (κ2) is 31.3. The summed E-state index contributed by atoms with van der Waals surface area (Å²) in [5.74, 6) is -6.88. The van der Waals surface area contributed by atoms with E-state index in [2.05, 4.69) is 0 Å². The third-order valence-electron chi connectivity index (χ3n) is 13.2. The summed E-state index contributed by atoms with van der Waals surface area (Å²) < 4.78 is 23.8. The molecule has 0 radical (unpaired) electrons. The number of carbonyl (C=O) groups is 2. The van der Waals surface area contributed by atoms with Crippen molar-refractivity contribution in [3.63, 3.8) is 0 Å². The van der Waals surface area contributed by atoms with Crippen LogP contribution in [0.3, 0.4) is 0 Å². The molecule has 0 aromatic heterocycles. The number of allylic oxidation sites excluding steroid dienone is 12. The number of aliphatic hydroxyl groups is 10. The highest BCUT2D eigenvalue weighted by Gasteiger charge is 2.51. The van der Waals surface area contributed by atoms with E-state index in [0.29, 0.717) is 0 Å². The average Bonchev–Trinajstić information content (AvgIpc) is 3.28. The smallest absolute Gasteiger partial charge is 0.311 e. The number of nitrogens with two attached hydrogens (primary N) is 2. The third kappa shape index (κ3) is 20.7. The number of carboxylic acids is 1. The van der Waals surface area contributed by atoms with Crippen LogP contribution >= 0.6 is 0 Å². The van der Waals surface area contributed by atoms with Crippen molar-refractivity contribution in [3.05, 3.63) is 85.1 Å². The molecule has 0 aromatic carbocycles. The molecule has 71 heavy (non-hydrogen) atoms. The lowest BCUT2D eigenvalue weighted by atomic mass is 9.82. The maximum atomic E-state index is 12.7. The van der Waals surface area contributed by atoms with E-state index in [-0.39, 0.29) is 57.8 Å². The Morgan fingerprint density at radius 1 is 0.676 bits per heavy atom. The van der Waals surface area contributed by atoms with Gasteiger partial charge in [-0.25, -0.2) is 0 Å². The molecule has 0 aliphatic carbocycles. The zero-order valence-corrected chi connectivity index (χ0v) is 41.4. The zero-order valence-electron chi connectivity index (χ0n) is 41.4. The van der Waals surface area contributed by atoms with Crippen molar-refractivity contribution in [1.29, 1.82) is 0 Å². The van der Waals surface area contributed by atoms with Gasteiger partial charge in [0.05, 0.1) is 79.6 Å². The van der Waals surface area contributed by atoms with Gasteiger partial charge in [-0.15, -0.1) is 0 Å². The van der Waals surface area contributed by atoms with E-state index in [9.17, 15) is 65.8 Å². The van der Waals surface area contributed by atoms with Crippen LogP contribution in [0.5, 0.6) is 0 Å². The molecule has 19 atom stereocenters. The summed E-state index contributed by atoms with van der Waals surface area (Å²) in [6.45, 7) is 7.77. The van der Waals surface area contributed by atoms with Gasteiger partial charge >= 0.3 is 11.9 Å². The zero-order chi connectivity index (χ0) is 52.8. The van der Waals surface area contributed by atoms with Gasteiger partial charge in [0.25, 0.3) is 0 Å². The second-order valence-electron chi connectivity index (χ2n) is 19.1. The minimum absolute atomic E-state index is 0.113. The number of aliphatic hydroxyl groups excluding tert-OH is 9. The number of aliphatic carboxylic acids is 1. The first-order valence-corrected chi connectivity index (χ1v) is 24.7. The van der Waals surface area contributed by atoms with Gasteiger partial charge in [0, 0.05) is 63.7 Å². The first-order chi connectivity index (χ1) is 33.6. The Labute approximate surface area is 417 Å². The van der Waals surface area contributed by atoms with Gasteiger partial charge < -0.3 is 86.6 Å². The van der Waals surface area contributed by atoms with Gasteiger partial charge in [-0.1, -0.05) is 98.9 Å². The third-order valence-corrected chi connectivity index (χ3v) is 13.2. The van der Waals surface area contributed by atoms with Crippen molar-refractivity contribution in [1.82, 2.24) is 4.90 Å². The van der Waals surface area contributed by atoms with Gasteiger partial charge in [-0.05, 0) is 33.1 Å². The summed E-state index contributed by atoms with van der Waals surface area (Å²) in [5.41, 5.74) is 11.7. The molecular weight excluding hydrogens is 927 g/mol. The van der Waals surface area contributed by atoms with E-state index in [0.717, 1.165) is 0 Å². The molecule has 15 N–H and O–H groups in total. The fourth-order valence-electron chi connectivity index (χ4n) is 9.09. The summed E-state index contributed by atoms with van der Waals surface area (Å²) in [7, 11) is 0. The number of carbonyl (C=O) groups excluding carboxylic acids is 1. The molecular formula is C51H83N3O17. The van der Waals surface area contributed by atoms with Crippen molar-refractivity contribution in [2.24, 2.45) is 29.2 Å². The first kappa shape index (κ1) is 61.8. The predicted molar refractivity (Wildman–Crippen MR) is 262 cm³/mol. The Kier molecular flexibility index (Phi) is 27.2. The quantitative estimate of drug-likeness (QED) is 0.142. The summed E-state index contributed by atoms with van der Waals surface area (Å²) in [5, 5.41) is 121. The van der Waals surface area contributed by atoms with Crippen LogP contribution in [0.25, 0.3) is 0 Å². The van der Waals surface area contributed by atoms with Gasteiger partial charge in [-0.3, -0.25) is 14.5 Å². The molecule has 0 amide bonds. The first-order valence-electron chi connectivity index (χ1n) is 24.7. The summed E-state index contributed by atoms with van der Waals surface area (Å²) in [6.07, 6.45) is 3.47. The van der Waals surface area contributed by atoms with Gasteiger partial charge in [0.15, 0.2) is 12.1 Å². The number of nitrogens with zero attached hydrogens (tertiary/aromatic N) is 1. The molecule has 20 nitrogen and oxygen atoms in total. The topological polar surface area (TPSA) is 349 Å². The molecule has 3 rings (SSSR count). The molecule has 3 heterocycles. The molecule has 3 aliphatic rings. The minimum atomic E-state index is -2.35. The molecule has 1 unspecified atom stereocenters. The fourth-order valence-corrected chi connectivity index (χ4v) is 9.09. The second-order valence-corrected chi connectivity index (χ2v) is 19.1. The van der Waals surface area contributed by atoms with E-state index >= 15 is 0 Å². The van der Waals surface area contributed by atoms with Crippen LogP contribution in [-0.4, -0.2) is 197 Å². The van der Waals surface area contributed by atoms with E-state index < -0.39 is 147 Å². The number of ether oxygens (including phenoxy) is 4. The largest absolute Gasteiger partial charge is 0.481 e. The van der Waals surface area contributed by atoms with Crippen LogP contribution < -0.4 is 11.5 Å². The van der Waals surface area contributed by atoms with Crippen LogP contribution in [-0.2, 0) is 28.5 Å². The number of rotatable bonds is 8. The lowest BCUT2D eigenvalue weighted by molar-refractivity contribution is -0.312. The van der Waals surface area contributed by atoms with Crippen molar-refractivity contribution >= 4 is 11.9 Å². The van der Waals surface area contributed by atoms with Crippen LogP contribution in [0.15, 0.2) is 85.1 Å². The summed E-state index contributed by atoms with van der Waals surface area (Å²) in [6, 6.07) is -0.919. The number of hydrogen-bond acceptors (Lipinski definition) is 19. The van der Waals surface area contributed by atoms with Gasteiger partial charge in [-0.2, -0.15) is 0 Å². The standard InChI is InChI=1S/C51H83N3O17/c1-31-17-15-13-11-9-7-5-6-8-10-12-14-16-18-38(70-50-48(64)45(47(63)34(4)69-50)54(23-21-52)24-22-53)28-42-44(49(65)66)41(60)30-51(67,71-42)29-37(57)26-40(59)39(58)20-19-35(55)25-36(56)27-43(61)68-33(3)32(2)46(31)62/h5-18,31-42,44-48,50,55-60,62-64,67H,19-30,52-53H2,1-4H3,(H,65,66)/b6-5+,9-7+,10-8+,13-11+,14-12+,17-15+,18-16+/t31-,32-,33-,34+,35+,36+,37-,38-,39+,40+,41-,42?,44+,45-,46+,47+,48-,50-,51+/m0/s1. The number of cyclic esters (lactones) is 1. The normalized spacial score (nSPS) is 42.7. The van der Waals surface area contributed by atoms with E-state index in [1.807, 2.05) is 31.2 Å². The molecule has 3 aliphatic heterocycles. The molecule has 0 spiro atoms. The van der Waals surface area contributed by atoms with Gasteiger partial charge in [0.2, 0.25) is 0 Å². The lowest BCUT2D eigenvalue weighted by Gasteiger charge is -2.47. The number of fused-ring (bicyclic) bond motifs is 2. The lowest BCUT2D eigenvalue weighted by Crippen LogP contribution is -2.65. The number of esters is 1. The molecule has 2 fully saturated rings. The highest BCUT2D eigenvalue weighted by atomic mass is 16.7. The minimum Gasteiger partial charge on any atom is -0.481 e. The highest BCUT2D eigenvalue weighted by molar-refractivity contribution is 5.71. The SMILES string of the molecule is C[C@@H]1[C@H](O)[C@@H](C)/C=C/C=C/C=C/C=C/C=C/C=C/C=C/[C@H](O[C@@H]2O[C@H](C)[C@@H](O)[C@H](N(CCN)CCN)[C@@H]2O)CC2O[C@](O)(C[C@@H](O)C[C@@H](O)[C@H](O)CC[C@@H](O)C[C@@H](O)CC(=O)O[C@H]1C)C[C@H](O)[C@H]2C(=O)O. The molecule has 2 saturated heterocycles. The van der Waals surface area contributed by atoms with Crippen molar-refractivity contribution < 1.29 is 84.7 Å². The monoisotopic (exact) mass is 1010 g/mol. The van der Waals surface area contributed by atoms with Crippen LogP contribution in [0.4, 0.5) is 0 Å². The Bertz CT molecular complexity index is 1790. The highest BCUT2D eigenvalue weighted by Crippen LogP contribution is 2.38. The number of hydrogen-bond donors (Lipinski definition) is 13. The summed E-state index contributed by atoms with van der Waals surface area (Å²) in [4.78, 5) is 27.1. The van der Waals surface area contributed by atoms with Crippen LogP contribution in [0.2, 0.25) is 0 Å². The molecule has 2 bridgehead atoms. The van der Waals surface area contributed by atoms with Gasteiger partial charge in [0.1, 0.15) is 18.1 Å². The van der Waals surface area contributed by atoms with Crippen molar-refractivity contribution in [3.8, 4) is 0 Å². The summed E-state index contributed by atoms with van der Waals surface area (Å²) >= 11 is 0. The van der Waals surface area contributed by atoms with E-state index in [1.54, 1.807) is 86.4 Å². The van der Waals surface area contributed by atoms with Crippen LogP contribution in [0.1, 0.15) is 79.1 Å². The average molecular weight is 1010 g/mol. The molecule has 404 valence electrons. The fraction of sp³-hybridized carbons (Fsp3) is 0.686. The maximum Gasteiger partial charge on any atom is 0.311 e.